The first-order valence-corrected chi connectivity index (χ1v) is 5.12. The minimum Gasteiger partial charge on any atom is -0.425 e. The first-order chi connectivity index (χ1) is 8.13. The molecule has 7 heteroatoms. The number of fused-ring (bicyclic) bond motifs is 1. The highest BCUT2D eigenvalue weighted by molar-refractivity contribution is 5.92. The maximum Gasteiger partial charge on any atom is 0.272 e. The summed E-state index contributed by atoms with van der Waals surface area (Å²) in [5.41, 5.74) is 2.49. The maximum atomic E-state index is 9.93. The Labute approximate surface area is 97.5 Å². The number of hydrogen-bond donors (Lipinski definition) is 4. The summed E-state index contributed by atoms with van der Waals surface area (Å²) in [6.07, 6.45) is 0. The maximum absolute atomic E-state index is 9.93. The van der Waals surface area contributed by atoms with Crippen molar-refractivity contribution in [1.82, 2.24) is 9.46 Å². The molecule has 7 nitrogen and oxygen atoms in total. The second-order valence-corrected chi connectivity index (χ2v) is 3.54. The Balaban J connectivity index is 2.98. The summed E-state index contributed by atoms with van der Waals surface area (Å²) in [5, 5.41) is 25.8. The lowest BCUT2D eigenvalue weighted by atomic mass is 10.2. The lowest BCUT2D eigenvalue weighted by Gasteiger charge is -2.07. The van der Waals surface area contributed by atoms with E-state index in [1.165, 1.54) is 7.05 Å². The van der Waals surface area contributed by atoms with Crippen LogP contribution in [0.2, 0.25) is 0 Å². The standard InChI is InChI=1S/C10H15N5O2/c1-11-6-4-7(12-2)9-8(5-6)14(16)10(13-3)15(9)17/h4-5,11-12,16-17H,1-3H3. The molecule has 0 radical (unpaired) electrons. The van der Waals surface area contributed by atoms with Gasteiger partial charge < -0.3 is 21.0 Å². The topological polar surface area (TPSA) is 86.7 Å². The van der Waals surface area contributed by atoms with Gasteiger partial charge in [0.05, 0.1) is 5.69 Å². The summed E-state index contributed by atoms with van der Waals surface area (Å²) in [4.78, 5) is 3.82. The van der Waals surface area contributed by atoms with Crippen molar-refractivity contribution >= 4 is 22.4 Å². The number of aromatic nitrogens is 2. The van der Waals surface area contributed by atoms with Crippen LogP contribution in [0.3, 0.4) is 0 Å². The minimum absolute atomic E-state index is 0.0600. The van der Waals surface area contributed by atoms with Gasteiger partial charge in [-0.2, -0.15) is 0 Å². The molecular weight excluding hydrogens is 222 g/mol. The molecule has 0 aliphatic carbocycles. The second-order valence-electron chi connectivity index (χ2n) is 3.54. The predicted molar refractivity (Wildman–Crippen MR) is 64.9 cm³/mol. The fourth-order valence-electron chi connectivity index (χ4n) is 1.83. The number of nitrogens with one attached hydrogen (secondary N) is 2. The fraction of sp³-hybridized carbons (Fsp3) is 0.300. The summed E-state index contributed by atoms with van der Waals surface area (Å²) in [6, 6.07) is 3.55. The Bertz CT molecular complexity index is 626. The summed E-state index contributed by atoms with van der Waals surface area (Å²) >= 11 is 0. The SMILES string of the molecule is CN=c1n(O)c2cc(NC)cc(NC)c2n1O. The van der Waals surface area contributed by atoms with E-state index >= 15 is 0 Å². The van der Waals surface area contributed by atoms with Gasteiger partial charge in [-0.3, -0.25) is 4.99 Å². The van der Waals surface area contributed by atoms with E-state index in [9.17, 15) is 10.4 Å². The first-order valence-electron chi connectivity index (χ1n) is 5.12. The van der Waals surface area contributed by atoms with E-state index in [0.717, 1.165) is 15.1 Å². The van der Waals surface area contributed by atoms with Gasteiger partial charge in [0.25, 0.3) is 5.62 Å². The van der Waals surface area contributed by atoms with Crippen molar-refractivity contribution in [2.75, 3.05) is 31.8 Å². The van der Waals surface area contributed by atoms with Crippen LogP contribution in [0.25, 0.3) is 11.0 Å². The monoisotopic (exact) mass is 237 g/mol. The molecule has 0 fully saturated rings. The highest BCUT2D eigenvalue weighted by atomic mass is 16.5. The van der Waals surface area contributed by atoms with E-state index in [1.807, 2.05) is 6.07 Å². The molecule has 0 aliphatic rings. The van der Waals surface area contributed by atoms with Crippen LogP contribution < -0.4 is 16.3 Å². The molecule has 0 bridgehead atoms. The Morgan fingerprint density at radius 1 is 1.12 bits per heavy atom. The van der Waals surface area contributed by atoms with Gasteiger partial charge in [-0.15, -0.1) is 9.46 Å². The number of nitrogens with zero attached hydrogens (tertiary/aromatic N) is 3. The number of anilines is 2. The highest BCUT2D eigenvalue weighted by Gasteiger charge is 2.14. The van der Waals surface area contributed by atoms with Gasteiger partial charge in [0.15, 0.2) is 0 Å². The number of rotatable bonds is 2. The zero-order chi connectivity index (χ0) is 12.6. The Kier molecular flexibility index (Phi) is 2.58. The van der Waals surface area contributed by atoms with Gasteiger partial charge in [-0.1, -0.05) is 0 Å². The lowest BCUT2D eigenvalue weighted by molar-refractivity contribution is 0.133. The van der Waals surface area contributed by atoms with E-state index in [-0.39, 0.29) is 5.62 Å². The van der Waals surface area contributed by atoms with Crippen molar-refractivity contribution in [2.24, 2.45) is 4.99 Å². The van der Waals surface area contributed by atoms with E-state index in [1.54, 1.807) is 20.2 Å². The molecule has 2 aromatic rings. The van der Waals surface area contributed by atoms with Crippen LogP contribution in [0.5, 0.6) is 0 Å². The third kappa shape index (κ3) is 1.47. The average Bonchev–Trinajstić information content (AvgIpc) is 2.60. The van der Waals surface area contributed by atoms with Crippen molar-refractivity contribution in [3.63, 3.8) is 0 Å². The zero-order valence-corrected chi connectivity index (χ0v) is 9.89. The van der Waals surface area contributed by atoms with Crippen molar-refractivity contribution in [3.8, 4) is 0 Å². The van der Waals surface area contributed by atoms with E-state index in [2.05, 4.69) is 15.6 Å². The van der Waals surface area contributed by atoms with Crippen molar-refractivity contribution < 1.29 is 10.4 Å². The number of imidazole rings is 1. The summed E-state index contributed by atoms with van der Waals surface area (Å²) in [6.45, 7) is 0. The normalized spacial score (nSPS) is 12.1. The van der Waals surface area contributed by atoms with Gasteiger partial charge in [-0.25, -0.2) is 0 Å². The molecule has 1 heterocycles. The van der Waals surface area contributed by atoms with Crippen molar-refractivity contribution in [2.45, 2.75) is 0 Å². The number of benzene rings is 1. The van der Waals surface area contributed by atoms with Crippen LogP contribution >= 0.6 is 0 Å². The van der Waals surface area contributed by atoms with Crippen LogP contribution in [0, 0.1) is 0 Å². The Hall–Kier alpha value is -2.31. The molecule has 0 atom stereocenters. The molecule has 1 aromatic heterocycles. The third-order valence-electron chi connectivity index (χ3n) is 2.67. The van der Waals surface area contributed by atoms with Crippen LogP contribution in [-0.2, 0) is 0 Å². The first kappa shape index (κ1) is 11.2. The largest absolute Gasteiger partial charge is 0.425 e. The van der Waals surface area contributed by atoms with Crippen LogP contribution in [-0.4, -0.2) is 41.0 Å². The van der Waals surface area contributed by atoms with Gasteiger partial charge in [0, 0.05) is 26.8 Å². The molecular formula is C10H15N5O2. The van der Waals surface area contributed by atoms with Gasteiger partial charge in [-0.05, 0) is 12.1 Å². The summed E-state index contributed by atoms with van der Waals surface area (Å²) in [5.74, 6) is 0. The summed E-state index contributed by atoms with van der Waals surface area (Å²) < 4.78 is 1.69. The van der Waals surface area contributed by atoms with Gasteiger partial charge >= 0.3 is 0 Å². The van der Waals surface area contributed by atoms with Crippen molar-refractivity contribution in [3.05, 3.63) is 17.8 Å². The van der Waals surface area contributed by atoms with Gasteiger partial charge in [0.2, 0.25) is 0 Å². The summed E-state index contributed by atoms with van der Waals surface area (Å²) in [7, 11) is 5.01. The quantitative estimate of drug-likeness (QED) is 0.574. The fourth-order valence-corrected chi connectivity index (χ4v) is 1.83. The Morgan fingerprint density at radius 3 is 2.35 bits per heavy atom. The molecule has 0 spiro atoms. The molecule has 4 N–H and O–H groups in total. The average molecular weight is 237 g/mol. The van der Waals surface area contributed by atoms with Gasteiger partial charge in [0.1, 0.15) is 11.0 Å². The predicted octanol–water partition coefficient (Wildman–Crippen LogP) is 0.531. The second kappa shape index (κ2) is 3.93. The molecule has 0 saturated heterocycles. The number of hydrogen-bond acceptors (Lipinski definition) is 5. The molecule has 1 aromatic carbocycles. The zero-order valence-electron chi connectivity index (χ0n) is 9.89. The van der Waals surface area contributed by atoms with E-state index in [0.29, 0.717) is 16.7 Å². The van der Waals surface area contributed by atoms with Crippen LogP contribution in [0.4, 0.5) is 11.4 Å². The molecule has 2 rings (SSSR count). The minimum atomic E-state index is 0.0600. The smallest absolute Gasteiger partial charge is 0.272 e. The molecule has 92 valence electrons. The molecule has 0 aliphatic heterocycles. The Morgan fingerprint density at radius 2 is 1.82 bits per heavy atom. The van der Waals surface area contributed by atoms with E-state index < -0.39 is 0 Å². The molecule has 0 unspecified atom stereocenters. The lowest BCUT2D eigenvalue weighted by Crippen LogP contribution is -2.23. The molecule has 0 saturated carbocycles. The van der Waals surface area contributed by atoms with Crippen LogP contribution in [0.15, 0.2) is 17.1 Å². The van der Waals surface area contributed by atoms with Crippen LogP contribution in [0.1, 0.15) is 0 Å². The highest BCUT2D eigenvalue weighted by Crippen LogP contribution is 2.26. The molecule has 17 heavy (non-hydrogen) atoms. The third-order valence-corrected chi connectivity index (χ3v) is 2.67. The van der Waals surface area contributed by atoms with E-state index in [4.69, 9.17) is 0 Å². The molecule has 0 amide bonds. The van der Waals surface area contributed by atoms with Crippen molar-refractivity contribution in [1.29, 1.82) is 0 Å².